The topological polar surface area (TPSA) is 54.5 Å². The van der Waals surface area contributed by atoms with Gasteiger partial charge in [-0.3, -0.25) is 4.90 Å². The molecule has 20 heavy (non-hydrogen) atoms. The number of rotatable bonds is 5. The number of hydrogen-bond donors (Lipinski definition) is 1. The number of aromatic nitrogens is 1. The molecule has 0 radical (unpaired) electrons. The molecule has 1 aliphatic heterocycles. The molecule has 5 nitrogen and oxygen atoms in total. The van der Waals surface area contributed by atoms with Crippen molar-refractivity contribution in [2.45, 2.75) is 19.4 Å². The van der Waals surface area contributed by atoms with Gasteiger partial charge in [-0.15, -0.1) is 0 Å². The van der Waals surface area contributed by atoms with Crippen LogP contribution >= 0.6 is 0 Å². The van der Waals surface area contributed by atoms with Gasteiger partial charge in [0.05, 0.1) is 12.8 Å². The highest BCUT2D eigenvalue weighted by atomic mass is 16.5. The zero-order valence-corrected chi connectivity index (χ0v) is 12.3. The number of carbonyl (C=O) groups is 1. The number of nitrogens with zero attached hydrogens (tertiary/aromatic N) is 2. The van der Waals surface area contributed by atoms with Gasteiger partial charge in [-0.05, 0) is 51.0 Å². The van der Waals surface area contributed by atoms with Crippen LogP contribution in [0.4, 0.5) is 0 Å². The highest BCUT2D eigenvalue weighted by Crippen LogP contribution is 2.17. The molecule has 2 heterocycles. The molecule has 0 aliphatic carbocycles. The van der Waals surface area contributed by atoms with Crippen molar-refractivity contribution in [2.75, 3.05) is 33.8 Å². The predicted molar refractivity (Wildman–Crippen MR) is 77.5 cm³/mol. The largest absolute Gasteiger partial charge is 0.464 e. The van der Waals surface area contributed by atoms with Crippen LogP contribution in [0.2, 0.25) is 0 Å². The fourth-order valence-corrected chi connectivity index (χ4v) is 2.77. The number of ether oxygens (including phenoxy) is 1. The second-order valence-electron chi connectivity index (χ2n) is 5.31. The third kappa shape index (κ3) is 4.02. The third-order valence-corrected chi connectivity index (χ3v) is 3.68. The van der Waals surface area contributed by atoms with E-state index in [-0.39, 0.29) is 5.97 Å². The van der Waals surface area contributed by atoms with Gasteiger partial charge in [0, 0.05) is 13.1 Å². The number of likely N-dealkylation sites (tertiary alicyclic amines) is 1. The van der Waals surface area contributed by atoms with Crippen LogP contribution in [-0.2, 0) is 11.3 Å². The van der Waals surface area contributed by atoms with Crippen molar-refractivity contribution >= 4 is 5.97 Å². The lowest BCUT2D eigenvalue weighted by Gasteiger charge is -2.32. The normalized spacial score (nSPS) is 19.8. The number of hydrogen-bond acceptors (Lipinski definition) is 5. The van der Waals surface area contributed by atoms with Gasteiger partial charge in [-0.25, -0.2) is 9.78 Å². The Balaban J connectivity index is 1.97. The Morgan fingerprint density at radius 3 is 3.15 bits per heavy atom. The summed E-state index contributed by atoms with van der Waals surface area (Å²) >= 11 is 0. The number of nitrogens with one attached hydrogen (secondary N) is 1. The van der Waals surface area contributed by atoms with Crippen LogP contribution in [0.5, 0.6) is 0 Å². The zero-order chi connectivity index (χ0) is 14.4. The summed E-state index contributed by atoms with van der Waals surface area (Å²) in [7, 11) is 3.38. The maximum Gasteiger partial charge on any atom is 0.356 e. The molecule has 1 saturated heterocycles. The highest BCUT2D eigenvalue weighted by Gasteiger charge is 2.20. The van der Waals surface area contributed by atoms with Gasteiger partial charge in [0.1, 0.15) is 5.69 Å². The van der Waals surface area contributed by atoms with Crippen LogP contribution in [0.25, 0.3) is 0 Å². The standard InChI is InChI=1S/C15H23N3O2/c1-16-9-12-5-4-8-18(10-12)11-13-6-3-7-14(17-13)15(19)20-2/h3,6-7,12,16H,4-5,8-11H2,1-2H3. The highest BCUT2D eigenvalue weighted by molar-refractivity contribution is 5.87. The molecule has 1 aliphatic rings. The molecule has 0 spiro atoms. The molecule has 1 unspecified atom stereocenters. The Labute approximate surface area is 120 Å². The average molecular weight is 277 g/mol. The Morgan fingerprint density at radius 1 is 1.55 bits per heavy atom. The van der Waals surface area contributed by atoms with Gasteiger partial charge in [-0.1, -0.05) is 6.07 Å². The number of carbonyl (C=O) groups excluding carboxylic acids is 1. The zero-order valence-electron chi connectivity index (χ0n) is 12.3. The molecule has 1 atom stereocenters. The number of methoxy groups -OCH3 is 1. The van der Waals surface area contributed by atoms with Crippen molar-refractivity contribution in [3.05, 3.63) is 29.6 Å². The minimum atomic E-state index is -0.376. The molecule has 0 bridgehead atoms. The van der Waals surface area contributed by atoms with Crippen LogP contribution in [0.3, 0.4) is 0 Å². The van der Waals surface area contributed by atoms with Crippen LogP contribution < -0.4 is 5.32 Å². The molecular weight excluding hydrogens is 254 g/mol. The van der Waals surface area contributed by atoms with E-state index in [9.17, 15) is 4.79 Å². The summed E-state index contributed by atoms with van der Waals surface area (Å²) in [6, 6.07) is 5.52. The van der Waals surface area contributed by atoms with Gasteiger partial charge >= 0.3 is 5.97 Å². The number of piperidine rings is 1. The molecule has 5 heteroatoms. The van der Waals surface area contributed by atoms with Crippen LogP contribution in [0, 0.1) is 5.92 Å². The van der Waals surface area contributed by atoms with Crippen LogP contribution in [0.1, 0.15) is 29.0 Å². The van der Waals surface area contributed by atoms with Gasteiger partial charge in [0.25, 0.3) is 0 Å². The summed E-state index contributed by atoms with van der Waals surface area (Å²) < 4.78 is 4.71. The first kappa shape index (κ1) is 14.9. The van der Waals surface area contributed by atoms with Crippen LogP contribution in [-0.4, -0.2) is 49.6 Å². The quantitative estimate of drug-likeness (QED) is 0.822. The fraction of sp³-hybridized carbons (Fsp3) is 0.600. The van der Waals surface area contributed by atoms with E-state index in [2.05, 4.69) is 15.2 Å². The van der Waals surface area contributed by atoms with E-state index >= 15 is 0 Å². The second kappa shape index (κ2) is 7.36. The molecule has 0 amide bonds. The summed E-state index contributed by atoms with van der Waals surface area (Å²) in [6.45, 7) is 4.05. The minimum absolute atomic E-state index is 0.376. The molecule has 1 fully saturated rings. The maximum absolute atomic E-state index is 11.5. The Kier molecular flexibility index (Phi) is 5.49. The Bertz CT molecular complexity index is 448. The van der Waals surface area contributed by atoms with E-state index in [0.717, 1.165) is 31.9 Å². The minimum Gasteiger partial charge on any atom is -0.464 e. The SMILES string of the molecule is CNCC1CCCN(Cc2cccc(C(=O)OC)n2)C1. The van der Waals surface area contributed by atoms with Crippen molar-refractivity contribution in [3.8, 4) is 0 Å². The van der Waals surface area contributed by atoms with Gasteiger partial charge in [-0.2, -0.15) is 0 Å². The third-order valence-electron chi connectivity index (χ3n) is 3.68. The lowest BCUT2D eigenvalue weighted by atomic mass is 9.98. The summed E-state index contributed by atoms with van der Waals surface area (Å²) in [4.78, 5) is 18.3. The first-order chi connectivity index (χ1) is 9.72. The van der Waals surface area contributed by atoms with Gasteiger partial charge in [0.15, 0.2) is 0 Å². The lowest BCUT2D eigenvalue weighted by molar-refractivity contribution is 0.0593. The Hall–Kier alpha value is -1.46. The molecule has 1 N–H and O–H groups in total. The predicted octanol–water partition coefficient (Wildman–Crippen LogP) is 1.30. The van der Waals surface area contributed by atoms with Crippen molar-refractivity contribution in [1.82, 2.24) is 15.2 Å². The van der Waals surface area contributed by atoms with Crippen LogP contribution in [0.15, 0.2) is 18.2 Å². The molecule has 1 aromatic heterocycles. The second-order valence-corrected chi connectivity index (χ2v) is 5.31. The summed E-state index contributed by atoms with van der Waals surface area (Å²) in [5.74, 6) is 0.330. The molecule has 0 aromatic carbocycles. The molecular formula is C15H23N3O2. The summed E-state index contributed by atoms with van der Waals surface area (Å²) in [5, 5.41) is 3.25. The Morgan fingerprint density at radius 2 is 2.40 bits per heavy atom. The average Bonchev–Trinajstić information content (AvgIpc) is 2.47. The fourth-order valence-electron chi connectivity index (χ4n) is 2.77. The smallest absolute Gasteiger partial charge is 0.356 e. The molecule has 1 aromatic rings. The van der Waals surface area contributed by atoms with Gasteiger partial charge < -0.3 is 10.1 Å². The van der Waals surface area contributed by atoms with Gasteiger partial charge in [0.2, 0.25) is 0 Å². The van der Waals surface area contributed by atoms with E-state index < -0.39 is 0 Å². The lowest BCUT2D eigenvalue weighted by Crippen LogP contribution is -2.38. The first-order valence-electron chi connectivity index (χ1n) is 7.14. The number of esters is 1. The molecule has 0 saturated carbocycles. The maximum atomic E-state index is 11.5. The van der Waals surface area contributed by atoms with E-state index in [0.29, 0.717) is 11.6 Å². The molecule has 2 rings (SSSR count). The van der Waals surface area contributed by atoms with Crippen molar-refractivity contribution in [3.63, 3.8) is 0 Å². The van der Waals surface area contributed by atoms with E-state index in [1.54, 1.807) is 6.07 Å². The van der Waals surface area contributed by atoms with Crippen molar-refractivity contribution in [2.24, 2.45) is 5.92 Å². The summed E-state index contributed by atoms with van der Waals surface area (Å²) in [5.41, 5.74) is 1.31. The van der Waals surface area contributed by atoms with Crippen molar-refractivity contribution < 1.29 is 9.53 Å². The van der Waals surface area contributed by atoms with Crippen molar-refractivity contribution in [1.29, 1.82) is 0 Å². The first-order valence-corrected chi connectivity index (χ1v) is 7.14. The monoisotopic (exact) mass is 277 g/mol. The van der Waals surface area contributed by atoms with E-state index in [1.165, 1.54) is 20.0 Å². The molecule has 110 valence electrons. The van der Waals surface area contributed by atoms with E-state index in [1.807, 2.05) is 19.2 Å². The summed E-state index contributed by atoms with van der Waals surface area (Å²) in [6.07, 6.45) is 2.51. The number of pyridine rings is 1. The van der Waals surface area contributed by atoms with E-state index in [4.69, 9.17) is 4.74 Å².